The minimum atomic E-state index is -3.61. The van der Waals surface area contributed by atoms with E-state index in [0.717, 1.165) is 19.3 Å². The second-order valence-corrected chi connectivity index (χ2v) is 8.74. The third kappa shape index (κ3) is 2.40. The van der Waals surface area contributed by atoms with Crippen LogP contribution < -0.4 is 5.76 Å². The van der Waals surface area contributed by atoms with Crippen LogP contribution in [0.2, 0.25) is 0 Å². The van der Waals surface area contributed by atoms with Gasteiger partial charge < -0.3 is 9.15 Å². The molecule has 1 atom stereocenters. The van der Waals surface area contributed by atoms with E-state index in [0.29, 0.717) is 37.4 Å². The quantitative estimate of drug-likeness (QED) is 0.814. The fraction of sp³-hybridized carbons (Fsp3) is 0.562. The third-order valence-corrected chi connectivity index (χ3v) is 7.05. The Balaban J connectivity index is 1.70. The summed E-state index contributed by atoms with van der Waals surface area (Å²) in [6.07, 6.45) is 2.75. The first-order chi connectivity index (χ1) is 11.4. The second kappa shape index (κ2) is 5.44. The van der Waals surface area contributed by atoms with Gasteiger partial charge in [-0.15, -0.1) is 0 Å². The van der Waals surface area contributed by atoms with Crippen LogP contribution in [0.15, 0.2) is 32.3 Å². The summed E-state index contributed by atoms with van der Waals surface area (Å²) in [7, 11) is -2.02. The van der Waals surface area contributed by atoms with Gasteiger partial charge in [0.15, 0.2) is 5.58 Å². The van der Waals surface area contributed by atoms with Gasteiger partial charge in [-0.1, -0.05) is 0 Å². The van der Waals surface area contributed by atoms with Crippen molar-refractivity contribution in [3.8, 4) is 0 Å². The summed E-state index contributed by atoms with van der Waals surface area (Å²) in [5, 5.41) is 0. The van der Waals surface area contributed by atoms with E-state index in [1.165, 1.54) is 10.6 Å². The van der Waals surface area contributed by atoms with Crippen LogP contribution in [0.5, 0.6) is 0 Å². The van der Waals surface area contributed by atoms with Gasteiger partial charge >= 0.3 is 5.76 Å². The summed E-state index contributed by atoms with van der Waals surface area (Å²) in [5.41, 5.74) is 0.826. The number of ether oxygens (including phenoxy) is 1. The van der Waals surface area contributed by atoms with Gasteiger partial charge in [-0.25, -0.2) is 13.2 Å². The van der Waals surface area contributed by atoms with E-state index in [4.69, 9.17) is 9.15 Å². The summed E-state index contributed by atoms with van der Waals surface area (Å²) in [6.45, 7) is 2.34. The van der Waals surface area contributed by atoms with Gasteiger partial charge in [-0.05, 0) is 31.4 Å². The third-order valence-electron chi connectivity index (χ3n) is 5.21. The van der Waals surface area contributed by atoms with Gasteiger partial charge in [-0.2, -0.15) is 4.31 Å². The van der Waals surface area contributed by atoms with E-state index < -0.39 is 15.8 Å². The smallest absolute Gasteiger partial charge is 0.408 e. The van der Waals surface area contributed by atoms with Crippen molar-refractivity contribution in [3.05, 3.63) is 28.7 Å². The highest BCUT2D eigenvalue weighted by Crippen LogP contribution is 2.39. The Morgan fingerprint density at radius 1 is 1.25 bits per heavy atom. The second-order valence-electron chi connectivity index (χ2n) is 6.80. The van der Waals surface area contributed by atoms with Crippen molar-refractivity contribution in [2.45, 2.75) is 24.2 Å². The average molecular weight is 352 g/mol. The van der Waals surface area contributed by atoms with E-state index in [1.54, 1.807) is 23.5 Å². The van der Waals surface area contributed by atoms with Gasteiger partial charge in [0.2, 0.25) is 10.0 Å². The largest absolute Gasteiger partial charge is 0.419 e. The summed E-state index contributed by atoms with van der Waals surface area (Å²) < 4.78 is 39.6. The van der Waals surface area contributed by atoms with Gasteiger partial charge in [0.05, 0.1) is 17.0 Å². The summed E-state index contributed by atoms with van der Waals surface area (Å²) >= 11 is 0. The number of benzene rings is 1. The molecule has 0 bridgehead atoms. The fourth-order valence-corrected chi connectivity index (χ4v) is 5.37. The molecule has 7 nitrogen and oxygen atoms in total. The summed E-state index contributed by atoms with van der Waals surface area (Å²) in [5.74, 6) is -0.500. The van der Waals surface area contributed by atoms with Crippen molar-refractivity contribution >= 4 is 21.1 Å². The van der Waals surface area contributed by atoms with E-state index in [1.807, 2.05) is 0 Å². The van der Waals surface area contributed by atoms with Crippen LogP contribution in [0.25, 0.3) is 11.1 Å². The Hall–Kier alpha value is -1.64. The molecular weight excluding hydrogens is 332 g/mol. The van der Waals surface area contributed by atoms with Crippen LogP contribution in [0, 0.1) is 5.41 Å². The molecule has 0 saturated carbocycles. The molecule has 8 heteroatoms. The zero-order valence-corrected chi connectivity index (χ0v) is 14.3. The van der Waals surface area contributed by atoms with E-state index in [2.05, 4.69) is 0 Å². The van der Waals surface area contributed by atoms with Gasteiger partial charge in [0.25, 0.3) is 0 Å². The zero-order valence-electron chi connectivity index (χ0n) is 13.5. The molecule has 1 spiro atoms. The first-order valence-electron chi connectivity index (χ1n) is 8.09. The predicted molar refractivity (Wildman–Crippen MR) is 87.3 cm³/mol. The van der Waals surface area contributed by atoms with Crippen LogP contribution in [0.1, 0.15) is 19.3 Å². The standard InChI is InChI=1S/C16H20N2O5S/c1-17-13-4-3-12(9-14(13)23-15(17)19)24(20,21)18-7-2-5-16(10-18)6-8-22-11-16/h3-4,9H,2,5-8,10-11H2,1H3. The van der Waals surface area contributed by atoms with Gasteiger partial charge in [0.1, 0.15) is 0 Å². The molecule has 0 aliphatic carbocycles. The maximum Gasteiger partial charge on any atom is 0.419 e. The Bertz CT molecular complexity index is 937. The van der Waals surface area contributed by atoms with Crippen LogP contribution in [0.4, 0.5) is 0 Å². The highest BCUT2D eigenvalue weighted by Gasteiger charge is 2.42. The van der Waals surface area contributed by atoms with E-state index in [-0.39, 0.29) is 10.3 Å². The topological polar surface area (TPSA) is 81.8 Å². The van der Waals surface area contributed by atoms with Crippen LogP contribution in [-0.4, -0.2) is 43.6 Å². The van der Waals surface area contributed by atoms with Crippen LogP contribution in [0.3, 0.4) is 0 Å². The number of aryl methyl sites for hydroxylation is 1. The van der Waals surface area contributed by atoms with Gasteiger partial charge in [0, 0.05) is 38.2 Å². The number of aromatic nitrogens is 1. The summed E-state index contributed by atoms with van der Waals surface area (Å²) in [4.78, 5) is 11.8. The summed E-state index contributed by atoms with van der Waals surface area (Å²) in [6, 6.07) is 4.60. The van der Waals surface area contributed by atoms with Gasteiger partial charge in [-0.3, -0.25) is 4.57 Å². The van der Waals surface area contributed by atoms with Crippen molar-refractivity contribution in [1.82, 2.24) is 8.87 Å². The lowest BCUT2D eigenvalue weighted by Crippen LogP contribution is -2.46. The number of hydrogen-bond acceptors (Lipinski definition) is 5. The molecule has 0 radical (unpaired) electrons. The Kier molecular flexibility index (Phi) is 3.59. The first-order valence-corrected chi connectivity index (χ1v) is 9.53. The number of hydrogen-bond donors (Lipinski definition) is 0. The average Bonchev–Trinajstić information content (AvgIpc) is 3.12. The Morgan fingerprint density at radius 3 is 2.83 bits per heavy atom. The highest BCUT2D eigenvalue weighted by atomic mass is 32.2. The number of rotatable bonds is 2. The van der Waals surface area contributed by atoms with Crippen molar-refractivity contribution in [2.24, 2.45) is 12.5 Å². The minimum absolute atomic E-state index is 0.0469. The molecule has 2 aliphatic heterocycles. The monoisotopic (exact) mass is 352 g/mol. The molecular formula is C16H20N2O5S. The lowest BCUT2D eigenvalue weighted by Gasteiger charge is -2.38. The van der Waals surface area contributed by atoms with Crippen molar-refractivity contribution in [3.63, 3.8) is 0 Å². The molecule has 1 aromatic heterocycles. The molecule has 1 aromatic carbocycles. The Labute approximate surface area is 139 Å². The van der Waals surface area contributed by atoms with Crippen molar-refractivity contribution < 1.29 is 17.6 Å². The lowest BCUT2D eigenvalue weighted by atomic mass is 9.80. The number of fused-ring (bicyclic) bond motifs is 1. The molecule has 2 saturated heterocycles. The maximum atomic E-state index is 13.0. The molecule has 0 amide bonds. The minimum Gasteiger partial charge on any atom is -0.408 e. The zero-order chi connectivity index (χ0) is 16.9. The predicted octanol–water partition coefficient (Wildman–Crippen LogP) is 1.32. The molecule has 0 N–H and O–H groups in total. The van der Waals surface area contributed by atoms with E-state index >= 15 is 0 Å². The molecule has 24 heavy (non-hydrogen) atoms. The Morgan fingerprint density at radius 2 is 2.08 bits per heavy atom. The normalized spacial score (nSPS) is 25.7. The van der Waals surface area contributed by atoms with E-state index in [9.17, 15) is 13.2 Å². The molecule has 130 valence electrons. The number of oxazole rings is 1. The molecule has 2 aromatic rings. The number of sulfonamides is 1. The molecule has 1 unspecified atom stereocenters. The number of piperidine rings is 1. The SMILES string of the molecule is Cn1c(=O)oc2cc(S(=O)(=O)N3CCCC4(CCOC4)C3)ccc21. The molecule has 3 heterocycles. The number of nitrogens with zero attached hydrogens (tertiary/aromatic N) is 2. The van der Waals surface area contributed by atoms with Crippen LogP contribution in [-0.2, 0) is 21.8 Å². The van der Waals surface area contributed by atoms with Crippen molar-refractivity contribution in [2.75, 3.05) is 26.3 Å². The molecule has 4 rings (SSSR count). The molecule has 2 fully saturated rings. The fourth-order valence-electron chi connectivity index (χ4n) is 3.76. The van der Waals surface area contributed by atoms with Crippen molar-refractivity contribution in [1.29, 1.82) is 0 Å². The van der Waals surface area contributed by atoms with Crippen LogP contribution >= 0.6 is 0 Å². The maximum absolute atomic E-state index is 13.0. The lowest BCUT2D eigenvalue weighted by molar-refractivity contribution is 0.105. The molecule has 2 aliphatic rings. The highest BCUT2D eigenvalue weighted by molar-refractivity contribution is 7.89. The first kappa shape index (κ1) is 15.9.